The van der Waals surface area contributed by atoms with Crippen LogP contribution in [0.3, 0.4) is 0 Å². The number of rotatable bonds is 5. The lowest BCUT2D eigenvalue weighted by Crippen LogP contribution is -2.03. The molecule has 0 radical (unpaired) electrons. The van der Waals surface area contributed by atoms with E-state index < -0.39 is 0 Å². The zero-order valence-corrected chi connectivity index (χ0v) is 14.2. The van der Waals surface area contributed by atoms with Crippen LogP contribution in [0.5, 0.6) is 0 Å². The number of aliphatic hydroxyl groups is 1. The third-order valence-electron chi connectivity index (χ3n) is 1.71. The summed E-state index contributed by atoms with van der Waals surface area (Å²) in [4.78, 5) is 0. The second-order valence-corrected chi connectivity index (χ2v) is 2.75. The van der Waals surface area contributed by atoms with Crippen molar-refractivity contribution in [2.24, 2.45) is 5.16 Å². The van der Waals surface area contributed by atoms with Gasteiger partial charge in [0, 0.05) is 5.57 Å². The number of hydrogen-bond donors (Lipinski definition) is 2. The summed E-state index contributed by atoms with van der Waals surface area (Å²) in [5, 5.41) is 21.0. The molecule has 116 valence electrons. The van der Waals surface area contributed by atoms with Crippen LogP contribution in [0.2, 0.25) is 0 Å². The lowest BCUT2D eigenvalue weighted by Gasteiger charge is -2.05. The van der Waals surface area contributed by atoms with E-state index in [2.05, 4.69) is 11.7 Å². The van der Waals surface area contributed by atoms with Gasteiger partial charge in [-0.05, 0) is 12.8 Å². The number of allylic oxidation sites excluding steroid dienone is 2. The van der Waals surface area contributed by atoms with Crippen LogP contribution >= 0.6 is 0 Å². The van der Waals surface area contributed by atoms with E-state index in [1.165, 1.54) is 0 Å². The van der Waals surface area contributed by atoms with Crippen LogP contribution in [0.4, 0.5) is 0 Å². The number of hydrogen-bond acceptors (Lipinski definition) is 3. The van der Waals surface area contributed by atoms with Gasteiger partial charge in [0.1, 0.15) is 5.76 Å². The van der Waals surface area contributed by atoms with E-state index in [0.717, 1.165) is 12.8 Å². The smallest absolute Gasteiger partial charge is 0.117 e. The standard InChI is InChI=1S/C10H17NO2.3C2H6/c1-4-6-7-9(8(3)12)10(5-2)11-13;3*1-2/h7,12-13H,3-6H2,1-2H3;3*1-2H3/b9-7+,11-10+;;;. The van der Waals surface area contributed by atoms with Gasteiger partial charge in [0.05, 0.1) is 5.71 Å². The highest BCUT2D eigenvalue weighted by Gasteiger charge is 2.07. The zero-order valence-electron chi connectivity index (χ0n) is 14.2. The average molecular weight is 273 g/mol. The summed E-state index contributed by atoms with van der Waals surface area (Å²) in [6.07, 6.45) is 4.24. The summed E-state index contributed by atoms with van der Waals surface area (Å²) < 4.78 is 0. The molecular formula is C16H35NO2. The maximum absolute atomic E-state index is 9.22. The molecule has 0 aromatic carbocycles. The van der Waals surface area contributed by atoms with Crippen LogP contribution in [-0.4, -0.2) is 16.0 Å². The van der Waals surface area contributed by atoms with Gasteiger partial charge in [-0.3, -0.25) is 0 Å². The molecule has 0 aliphatic heterocycles. The van der Waals surface area contributed by atoms with Crippen LogP contribution in [0.1, 0.15) is 74.7 Å². The van der Waals surface area contributed by atoms with Gasteiger partial charge >= 0.3 is 0 Å². The molecule has 0 amide bonds. The monoisotopic (exact) mass is 273 g/mol. The molecule has 0 fully saturated rings. The lowest BCUT2D eigenvalue weighted by molar-refractivity contribution is 0.317. The van der Waals surface area contributed by atoms with Crippen LogP contribution < -0.4 is 0 Å². The van der Waals surface area contributed by atoms with Gasteiger partial charge in [-0.2, -0.15) is 0 Å². The molecule has 19 heavy (non-hydrogen) atoms. The van der Waals surface area contributed by atoms with Crippen molar-refractivity contribution >= 4 is 5.71 Å². The molecule has 3 nitrogen and oxygen atoms in total. The number of nitrogens with zero attached hydrogens (tertiary/aromatic N) is 1. The molecule has 2 N–H and O–H groups in total. The third kappa shape index (κ3) is 16.8. The van der Waals surface area contributed by atoms with E-state index in [4.69, 9.17) is 5.21 Å². The molecule has 0 aromatic rings. The second-order valence-electron chi connectivity index (χ2n) is 2.75. The molecule has 0 heterocycles. The Balaban J connectivity index is -0.000000163. The van der Waals surface area contributed by atoms with Crippen molar-refractivity contribution in [1.29, 1.82) is 0 Å². The summed E-state index contributed by atoms with van der Waals surface area (Å²) in [5.74, 6) is -0.0388. The first-order valence-corrected chi connectivity index (χ1v) is 7.47. The van der Waals surface area contributed by atoms with Crippen molar-refractivity contribution in [1.82, 2.24) is 0 Å². The summed E-state index contributed by atoms with van der Waals surface area (Å²) in [6, 6.07) is 0. The van der Waals surface area contributed by atoms with Gasteiger partial charge in [0.2, 0.25) is 0 Å². The Kier molecular flexibility index (Phi) is 35.4. The summed E-state index contributed by atoms with van der Waals surface area (Å²) in [5.41, 5.74) is 1.02. The number of oxime groups is 1. The predicted molar refractivity (Wildman–Crippen MR) is 88.3 cm³/mol. The second kappa shape index (κ2) is 25.6. The first kappa shape index (κ1) is 26.3. The molecule has 3 heteroatoms. The highest BCUT2D eigenvalue weighted by Crippen LogP contribution is 2.11. The molecule has 0 bridgehead atoms. The zero-order chi connectivity index (χ0) is 16.3. The van der Waals surface area contributed by atoms with Gasteiger partial charge in [0.15, 0.2) is 0 Å². The molecule has 0 saturated heterocycles. The number of unbranched alkanes of at least 4 members (excludes halogenated alkanes) is 1. The van der Waals surface area contributed by atoms with Gasteiger partial charge in [0.25, 0.3) is 0 Å². The number of aliphatic hydroxyl groups excluding tert-OH is 1. The summed E-state index contributed by atoms with van der Waals surface area (Å²) in [7, 11) is 0. The summed E-state index contributed by atoms with van der Waals surface area (Å²) in [6.45, 7) is 19.3. The van der Waals surface area contributed by atoms with E-state index in [9.17, 15) is 5.11 Å². The van der Waals surface area contributed by atoms with Gasteiger partial charge in [-0.25, -0.2) is 0 Å². The van der Waals surface area contributed by atoms with Crippen molar-refractivity contribution in [2.75, 3.05) is 0 Å². The minimum Gasteiger partial charge on any atom is -0.508 e. The van der Waals surface area contributed by atoms with Crippen molar-refractivity contribution in [2.45, 2.75) is 74.7 Å². The fraction of sp³-hybridized carbons (Fsp3) is 0.688. The van der Waals surface area contributed by atoms with Crippen LogP contribution in [-0.2, 0) is 0 Å². The largest absolute Gasteiger partial charge is 0.508 e. The van der Waals surface area contributed by atoms with Crippen LogP contribution in [0.25, 0.3) is 0 Å². The van der Waals surface area contributed by atoms with Crippen molar-refractivity contribution < 1.29 is 10.3 Å². The van der Waals surface area contributed by atoms with E-state index in [1.807, 2.05) is 61.5 Å². The minimum absolute atomic E-state index is 0.0388. The summed E-state index contributed by atoms with van der Waals surface area (Å²) >= 11 is 0. The van der Waals surface area contributed by atoms with Crippen LogP contribution in [0.15, 0.2) is 29.1 Å². The molecule has 0 rings (SSSR count). The van der Waals surface area contributed by atoms with E-state index in [-0.39, 0.29) is 5.76 Å². The first-order valence-electron chi connectivity index (χ1n) is 7.47. The van der Waals surface area contributed by atoms with Gasteiger partial charge in [-0.1, -0.05) is 79.6 Å². The van der Waals surface area contributed by atoms with Gasteiger partial charge < -0.3 is 10.3 Å². The van der Waals surface area contributed by atoms with E-state index >= 15 is 0 Å². The molecule has 0 saturated carbocycles. The Labute approximate surface area is 120 Å². The minimum atomic E-state index is -0.0388. The molecule has 0 atom stereocenters. The SMILES string of the molecule is C=C(O)C(=C\CCC)/C(CC)=N/O.CC.CC.CC. The Morgan fingerprint density at radius 1 is 1.05 bits per heavy atom. The molecule has 0 spiro atoms. The molecule has 0 aliphatic rings. The fourth-order valence-electron chi connectivity index (χ4n) is 1.01. The highest BCUT2D eigenvalue weighted by atomic mass is 16.4. The first-order chi connectivity index (χ1) is 9.17. The maximum Gasteiger partial charge on any atom is 0.117 e. The van der Waals surface area contributed by atoms with Crippen molar-refractivity contribution in [3.8, 4) is 0 Å². The van der Waals surface area contributed by atoms with E-state index in [0.29, 0.717) is 17.7 Å². The molecular weight excluding hydrogens is 238 g/mol. The molecule has 0 aromatic heterocycles. The van der Waals surface area contributed by atoms with Crippen LogP contribution in [0, 0.1) is 0 Å². The highest BCUT2D eigenvalue weighted by molar-refractivity contribution is 6.02. The third-order valence-corrected chi connectivity index (χ3v) is 1.71. The molecule has 0 aliphatic carbocycles. The Hall–Kier alpha value is -1.25. The molecule has 0 unspecified atom stereocenters. The van der Waals surface area contributed by atoms with Crippen molar-refractivity contribution in [3.63, 3.8) is 0 Å². The Bertz CT molecular complexity index is 231. The Morgan fingerprint density at radius 2 is 1.47 bits per heavy atom. The van der Waals surface area contributed by atoms with E-state index in [1.54, 1.807) is 0 Å². The normalized spacial score (nSPS) is 9.89. The topological polar surface area (TPSA) is 52.8 Å². The lowest BCUT2D eigenvalue weighted by atomic mass is 10.1. The Morgan fingerprint density at radius 3 is 1.68 bits per heavy atom. The van der Waals surface area contributed by atoms with Gasteiger partial charge in [-0.15, -0.1) is 0 Å². The maximum atomic E-state index is 9.22. The quantitative estimate of drug-likeness (QED) is 0.209. The van der Waals surface area contributed by atoms with Crippen molar-refractivity contribution in [3.05, 3.63) is 24.0 Å². The fourth-order valence-corrected chi connectivity index (χ4v) is 1.01. The average Bonchev–Trinajstić information content (AvgIpc) is 2.49. The predicted octanol–water partition coefficient (Wildman–Crippen LogP) is 6.10.